The number of benzene rings is 2. The minimum Gasteiger partial charge on any atom is -0.481 e. The number of nitrogens with two attached hydrogens (primary N) is 1. The maximum Gasteiger partial charge on any atom is 0.395 e. The van der Waals surface area contributed by atoms with Crippen LogP contribution in [-0.2, 0) is 22.4 Å². The van der Waals surface area contributed by atoms with Crippen molar-refractivity contribution in [3.63, 3.8) is 0 Å². The van der Waals surface area contributed by atoms with E-state index in [1.54, 1.807) is 37.3 Å². The number of nitrogens with zero attached hydrogens (tertiary/aromatic N) is 4. The normalized spacial score (nSPS) is 16.0. The zero-order chi connectivity index (χ0) is 56.1. The van der Waals surface area contributed by atoms with Gasteiger partial charge < -0.3 is 35.4 Å². The van der Waals surface area contributed by atoms with Crippen LogP contribution in [0.4, 0.5) is 26.3 Å². The number of ether oxygens (including phenoxy) is 2. The van der Waals surface area contributed by atoms with Crippen molar-refractivity contribution >= 4 is 46.6 Å². The molecule has 2 aromatic carbocycles. The number of hydrogen-bond acceptors (Lipinski definition) is 11. The third kappa shape index (κ3) is 16.6. The number of methoxy groups -OCH3 is 2. The summed E-state index contributed by atoms with van der Waals surface area (Å²) in [5.41, 5.74) is 5.60. The number of carbonyl (C=O) groups excluding carboxylic acids is 3. The van der Waals surface area contributed by atoms with Crippen LogP contribution in [0.5, 0.6) is 11.8 Å². The summed E-state index contributed by atoms with van der Waals surface area (Å²) in [6, 6.07) is 16.8. The molecular formula is C54H68Cl2F6N6O7. The minimum absolute atomic E-state index is 0.00113. The second kappa shape index (κ2) is 27.1. The topological polar surface area (TPSA) is 177 Å². The van der Waals surface area contributed by atoms with Crippen LogP contribution < -0.4 is 20.5 Å². The van der Waals surface area contributed by atoms with Crippen LogP contribution in [0, 0.1) is 10.8 Å². The lowest BCUT2D eigenvalue weighted by Crippen LogP contribution is -2.42. The van der Waals surface area contributed by atoms with Crippen LogP contribution in [0.15, 0.2) is 73.1 Å². The van der Waals surface area contributed by atoms with E-state index >= 15 is 0 Å². The van der Waals surface area contributed by atoms with Crippen molar-refractivity contribution in [2.75, 3.05) is 55.5 Å². The Kier molecular flexibility index (Phi) is 22.5. The van der Waals surface area contributed by atoms with Crippen molar-refractivity contribution in [2.24, 2.45) is 16.6 Å². The number of ketones is 2. The van der Waals surface area contributed by atoms with Gasteiger partial charge >= 0.3 is 18.3 Å². The minimum atomic E-state index is -4.42. The van der Waals surface area contributed by atoms with Gasteiger partial charge in [-0.3, -0.25) is 19.2 Å². The largest absolute Gasteiger partial charge is 0.481 e. The number of likely N-dealkylation sites (N-methyl/N-ethyl adjacent to an activating group) is 2. The summed E-state index contributed by atoms with van der Waals surface area (Å²) < 4.78 is 91.5. The molecule has 0 bridgehead atoms. The third-order valence-corrected chi connectivity index (χ3v) is 14.8. The molecule has 2 aromatic heterocycles. The van der Waals surface area contributed by atoms with Gasteiger partial charge in [0.1, 0.15) is 0 Å². The smallest absolute Gasteiger partial charge is 0.395 e. The van der Waals surface area contributed by atoms with E-state index < -0.39 is 53.3 Å². The first-order valence-electron chi connectivity index (χ1n) is 24.5. The number of aromatic nitrogens is 2. The highest BCUT2D eigenvalue weighted by molar-refractivity contribution is 6.32. The highest BCUT2D eigenvalue weighted by Gasteiger charge is 2.68. The number of aliphatic carboxylic acids is 1. The molecule has 13 nitrogen and oxygen atoms in total. The maximum absolute atomic E-state index is 14.0. The van der Waals surface area contributed by atoms with E-state index in [0.717, 1.165) is 17.5 Å². The summed E-state index contributed by atoms with van der Waals surface area (Å²) in [7, 11) is 10.5. The molecule has 2 aliphatic rings. The SMILES string of the molecule is CCC(=O)c1ccc(C[C@@H](CN)N(C)C)c(Cl)c1.CCC(=O)c1ccc(C[C@@H](CNC(=O)CC(c2ccc(OC)nc2)C2(C(F)(F)F)CC2)N(C)C)c(Cl)c1.COc1ccc(C(CC(=O)O)C2(C(F)(F)F)CC2)cn1. The summed E-state index contributed by atoms with van der Waals surface area (Å²) in [5.74, 6) is -3.17. The van der Waals surface area contributed by atoms with Crippen molar-refractivity contribution < 1.29 is 60.1 Å². The Labute approximate surface area is 444 Å². The van der Waals surface area contributed by atoms with Crippen molar-refractivity contribution in [3.05, 3.63) is 116 Å². The lowest BCUT2D eigenvalue weighted by atomic mass is 9.80. The first-order chi connectivity index (χ1) is 35.2. The Bertz CT molecular complexity index is 2540. The predicted octanol–water partition coefficient (Wildman–Crippen LogP) is 10.8. The number of rotatable bonds is 23. The molecular weight excluding hydrogens is 1030 g/mol. The monoisotopic (exact) mass is 1100 g/mol. The van der Waals surface area contributed by atoms with Gasteiger partial charge in [0, 0.05) is 102 Å². The second-order valence-electron chi connectivity index (χ2n) is 19.3. The summed E-state index contributed by atoms with van der Waals surface area (Å²) in [6.45, 7) is 4.44. The number of nitrogens with one attached hydrogen (secondary N) is 1. The van der Waals surface area contributed by atoms with Gasteiger partial charge in [0.25, 0.3) is 0 Å². The highest BCUT2D eigenvalue weighted by Crippen LogP contribution is 2.67. The molecule has 412 valence electrons. The maximum atomic E-state index is 14.0. The van der Waals surface area contributed by atoms with Crippen LogP contribution in [0.25, 0.3) is 0 Å². The third-order valence-electron chi connectivity index (χ3n) is 14.1. The Morgan fingerprint density at radius 1 is 0.680 bits per heavy atom. The average molecular weight is 1100 g/mol. The number of amides is 1. The molecule has 75 heavy (non-hydrogen) atoms. The lowest BCUT2D eigenvalue weighted by Gasteiger charge is -2.30. The molecule has 2 fully saturated rings. The van der Waals surface area contributed by atoms with E-state index in [1.165, 1.54) is 44.8 Å². The number of Topliss-reactive ketones (excluding diaryl/α,β-unsaturated/α-hetero) is 2. The van der Waals surface area contributed by atoms with Gasteiger partial charge in [0.2, 0.25) is 17.7 Å². The van der Waals surface area contributed by atoms with E-state index in [4.69, 9.17) is 43.5 Å². The Morgan fingerprint density at radius 3 is 1.37 bits per heavy atom. The zero-order valence-electron chi connectivity index (χ0n) is 43.5. The molecule has 0 spiro atoms. The number of carboxylic acid groups (broad SMARTS) is 1. The Hall–Kier alpha value is -5.34. The number of carboxylic acids is 1. The Morgan fingerprint density at radius 2 is 1.08 bits per heavy atom. The molecule has 0 saturated heterocycles. The van der Waals surface area contributed by atoms with Gasteiger partial charge in [-0.2, -0.15) is 26.3 Å². The van der Waals surface area contributed by atoms with Crippen LogP contribution in [0.3, 0.4) is 0 Å². The van der Waals surface area contributed by atoms with E-state index in [9.17, 15) is 45.5 Å². The van der Waals surface area contributed by atoms with Crippen molar-refractivity contribution in [1.29, 1.82) is 0 Å². The van der Waals surface area contributed by atoms with Gasteiger partial charge in [-0.05, 0) is 101 Å². The van der Waals surface area contributed by atoms with Gasteiger partial charge in [-0.25, -0.2) is 9.97 Å². The second-order valence-corrected chi connectivity index (χ2v) is 20.1. The van der Waals surface area contributed by atoms with Gasteiger partial charge in [0.15, 0.2) is 11.6 Å². The highest BCUT2D eigenvalue weighted by atomic mass is 35.5. The summed E-state index contributed by atoms with van der Waals surface area (Å²) in [6.07, 6.45) is -5.03. The van der Waals surface area contributed by atoms with Crippen LogP contribution >= 0.6 is 23.2 Å². The molecule has 6 rings (SSSR count). The molecule has 1 amide bonds. The van der Waals surface area contributed by atoms with E-state index in [0.29, 0.717) is 58.4 Å². The molecule has 4 aromatic rings. The van der Waals surface area contributed by atoms with Crippen LogP contribution in [0.2, 0.25) is 10.0 Å². The van der Waals surface area contributed by atoms with Crippen molar-refractivity contribution in [1.82, 2.24) is 25.1 Å². The first kappa shape index (κ1) is 62.2. The molecule has 2 unspecified atom stereocenters. The molecule has 4 N–H and O–H groups in total. The summed E-state index contributed by atoms with van der Waals surface area (Å²) >= 11 is 12.6. The molecule has 21 heteroatoms. The fourth-order valence-corrected chi connectivity index (χ4v) is 9.41. The number of carbonyl (C=O) groups is 4. The predicted molar refractivity (Wildman–Crippen MR) is 276 cm³/mol. The van der Waals surface area contributed by atoms with E-state index in [1.807, 2.05) is 52.1 Å². The molecule has 0 aliphatic heterocycles. The molecule has 2 heterocycles. The Balaban J connectivity index is 0.000000269. The lowest BCUT2D eigenvalue weighted by molar-refractivity contribution is -0.196. The molecule has 0 radical (unpaired) electrons. The number of halogens is 8. The van der Waals surface area contributed by atoms with Gasteiger partial charge in [-0.1, -0.05) is 73.4 Å². The van der Waals surface area contributed by atoms with Crippen molar-refractivity contribution in [3.8, 4) is 11.8 Å². The number of hydrogen-bond donors (Lipinski definition) is 3. The van der Waals surface area contributed by atoms with Crippen LogP contribution in [-0.4, -0.2) is 128 Å². The number of alkyl halides is 6. The molecule has 2 saturated carbocycles. The first-order valence-corrected chi connectivity index (χ1v) is 25.2. The molecule has 4 atom stereocenters. The summed E-state index contributed by atoms with van der Waals surface area (Å²) in [4.78, 5) is 59.3. The quantitative estimate of drug-likeness (QED) is 0.0474. The van der Waals surface area contributed by atoms with Crippen molar-refractivity contribution in [2.45, 2.75) is 114 Å². The van der Waals surface area contributed by atoms with Crippen LogP contribution in [0.1, 0.15) is 120 Å². The fourth-order valence-electron chi connectivity index (χ4n) is 8.90. The number of pyridine rings is 2. The fraction of sp³-hybridized carbons (Fsp3) is 0.519. The van der Waals surface area contributed by atoms with E-state index in [-0.39, 0.29) is 73.7 Å². The van der Waals surface area contributed by atoms with Gasteiger partial charge in [-0.15, -0.1) is 0 Å². The molecule has 2 aliphatic carbocycles. The summed E-state index contributed by atoms with van der Waals surface area (Å²) in [5, 5.41) is 12.8. The van der Waals surface area contributed by atoms with E-state index in [2.05, 4.69) is 20.2 Å². The standard InChI is InChI=1S/C27H33ClF3N3O3.C14H21ClN2O.C13H14F3NO3/c1-5-23(35)18-7-6-17(22(28)13-18)12-20(34(2)3)16-32-24(36)14-21(26(10-11-26)27(29,30)31)19-8-9-25(37-4)33-15-19;1-4-14(18)11-6-5-10(13(15)8-11)7-12(9-16)17(2)3;1-20-10-3-2-8(7-17-10)9(6-11(18)19)12(4-5-12)13(14,15)16/h6-9,13,15,20-21H,5,10-12,14,16H2,1-4H3,(H,32,36);5-6,8,12H,4,7,9,16H2,1-3H3;2-3,7,9H,4-6H2,1H3,(H,18,19)/t20-,21?;12-;/m00./s1. The average Bonchev–Trinajstić information content (AvgIpc) is 4.32. The zero-order valence-corrected chi connectivity index (χ0v) is 45.0. The van der Waals surface area contributed by atoms with Gasteiger partial charge in [0.05, 0.1) is 31.5 Å².